The lowest BCUT2D eigenvalue weighted by Crippen LogP contribution is -2.33. The van der Waals surface area contributed by atoms with Gasteiger partial charge in [-0.05, 0) is 61.1 Å². The molecule has 5 nitrogen and oxygen atoms in total. The van der Waals surface area contributed by atoms with Gasteiger partial charge in [0.2, 0.25) is 5.91 Å². The number of nitrogens with zero attached hydrogens (tertiary/aromatic N) is 1. The SMILES string of the molecule is CC(NC(=O)c1cc(NC(=O)C(c2ccccc2)c2ccccc2)ccc1N1CCCCC1)c1ccccc1. The molecule has 0 radical (unpaired) electrons. The maximum Gasteiger partial charge on any atom is 0.253 e. The first kappa shape index (κ1) is 26.2. The first-order valence-corrected chi connectivity index (χ1v) is 13.8. The van der Waals surface area contributed by atoms with Crippen molar-refractivity contribution in [2.24, 2.45) is 0 Å². The van der Waals surface area contributed by atoms with Crippen LogP contribution in [0, 0.1) is 0 Å². The fourth-order valence-electron chi connectivity index (χ4n) is 5.31. The van der Waals surface area contributed by atoms with E-state index in [9.17, 15) is 9.59 Å². The molecule has 1 fully saturated rings. The van der Waals surface area contributed by atoms with Crippen molar-refractivity contribution in [1.29, 1.82) is 0 Å². The summed E-state index contributed by atoms with van der Waals surface area (Å²) in [6.07, 6.45) is 3.42. The standard InChI is InChI=1S/C34H35N3O2/c1-25(26-14-6-2-7-15-26)35-33(38)30-24-29(20-21-31(30)37-22-12-5-13-23-37)36-34(39)32(27-16-8-3-9-17-27)28-18-10-4-11-19-28/h2-4,6-11,14-21,24-25,32H,5,12-13,22-23H2,1H3,(H,35,38)(H,36,39). The van der Waals surface area contributed by atoms with E-state index in [1.165, 1.54) is 6.42 Å². The molecular weight excluding hydrogens is 482 g/mol. The molecule has 5 rings (SSSR count). The molecule has 0 saturated carbocycles. The van der Waals surface area contributed by atoms with Crippen molar-refractivity contribution in [3.05, 3.63) is 131 Å². The Kier molecular flexibility index (Phi) is 8.37. The third kappa shape index (κ3) is 6.37. The highest BCUT2D eigenvalue weighted by Gasteiger charge is 2.25. The Labute approximate surface area is 230 Å². The average Bonchev–Trinajstić information content (AvgIpc) is 2.99. The minimum atomic E-state index is -0.468. The van der Waals surface area contributed by atoms with Gasteiger partial charge in [-0.3, -0.25) is 9.59 Å². The second-order valence-electron chi connectivity index (χ2n) is 10.1. The predicted octanol–water partition coefficient (Wildman–Crippen LogP) is 6.94. The van der Waals surface area contributed by atoms with Gasteiger partial charge in [0.05, 0.1) is 17.5 Å². The van der Waals surface area contributed by atoms with Crippen LogP contribution in [0.2, 0.25) is 0 Å². The van der Waals surface area contributed by atoms with Crippen LogP contribution in [0.5, 0.6) is 0 Å². The van der Waals surface area contributed by atoms with Crippen LogP contribution >= 0.6 is 0 Å². The molecule has 5 heteroatoms. The van der Waals surface area contributed by atoms with Crippen molar-refractivity contribution in [1.82, 2.24) is 5.32 Å². The summed E-state index contributed by atoms with van der Waals surface area (Å²) in [7, 11) is 0. The number of carbonyl (C=O) groups is 2. The average molecular weight is 518 g/mol. The predicted molar refractivity (Wildman–Crippen MR) is 158 cm³/mol. The number of anilines is 2. The molecule has 1 heterocycles. The number of benzene rings is 4. The van der Waals surface area contributed by atoms with Crippen LogP contribution < -0.4 is 15.5 Å². The third-order valence-corrected chi connectivity index (χ3v) is 7.38. The molecule has 4 aromatic rings. The highest BCUT2D eigenvalue weighted by molar-refractivity contribution is 6.03. The quantitative estimate of drug-likeness (QED) is 0.266. The molecule has 198 valence electrons. The van der Waals surface area contributed by atoms with E-state index in [4.69, 9.17) is 0 Å². The zero-order valence-corrected chi connectivity index (χ0v) is 22.3. The Hall–Kier alpha value is -4.38. The Morgan fingerprint density at radius 1 is 0.692 bits per heavy atom. The van der Waals surface area contributed by atoms with Crippen LogP contribution in [-0.4, -0.2) is 24.9 Å². The second-order valence-corrected chi connectivity index (χ2v) is 10.1. The summed E-state index contributed by atoms with van der Waals surface area (Å²) in [4.78, 5) is 29.7. The largest absolute Gasteiger partial charge is 0.371 e. The highest BCUT2D eigenvalue weighted by atomic mass is 16.2. The number of nitrogens with one attached hydrogen (secondary N) is 2. The van der Waals surface area contributed by atoms with E-state index in [0.29, 0.717) is 11.3 Å². The molecule has 2 N–H and O–H groups in total. The minimum absolute atomic E-state index is 0.137. The molecule has 39 heavy (non-hydrogen) atoms. The van der Waals surface area contributed by atoms with Gasteiger partial charge in [-0.25, -0.2) is 0 Å². The van der Waals surface area contributed by atoms with Gasteiger partial charge in [-0.2, -0.15) is 0 Å². The molecule has 1 unspecified atom stereocenters. The number of hydrogen-bond donors (Lipinski definition) is 2. The monoisotopic (exact) mass is 517 g/mol. The van der Waals surface area contributed by atoms with Crippen LogP contribution in [-0.2, 0) is 4.79 Å². The summed E-state index contributed by atoms with van der Waals surface area (Å²) in [5, 5.41) is 6.28. The van der Waals surface area contributed by atoms with Gasteiger partial charge < -0.3 is 15.5 Å². The normalized spacial score (nSPS) is 14.1. The van der Waals surface area contributed by atoms with Crippen LogP contribution in [0.3, 0.4) is 0 Å². The Morgan fingerprint density at radius 2 is 1.23 bits per heavy atom. The van der Waals surface area contributed by atoms with Gasteiger partial charge in [0, 0.05) is 24.5 Å². The highest BCUT2D eigenvalue weighted by Crippen LogP contribution is 2.30. The Balaban J connectivity index is 1.44. The number of carbonyl (C=O) groups excluding carboxylic acids is 2. The first-order valence-electron chi connectivity index (χ1n) is 13.8. The van der Waals surface area contributed by atoms with Gasteiger partial charge in [0.1, 0.15) is 0 Å². The maximum atomic E-state index is 13.7. The van der Waals surface area contributed by atoms with E-state index >= 15 is 0 Å². The van der Waals surface area contributed by atoms with Crippen LogP contribution in [0.4, 0.5) is 11.4 Å². The maximum absolute atomic E-state index is 13.7. The van der Waals surface area contributed by atoms with Crippen molar-refractivity contribution in [2.75, 3.05) is 23.3 Å². The summed E-state index contributed by atoms with van der Waals surface area (Å²) >= 11 is 0. The van der Waals surface area contributed by atoms with Gasteiger partial charge in [0.25, 0.3) is 5.91 Å². The van der Waals surface area contributed by atoms with Crippen LogP contribution in [0.15, 0.2) is 109 Å². The van der Waals surface area contributed by atoms with Crippen LogP contribution in [0.25, 0.3) is 0 Å². The summed E-state index contributed by atoms with van der Waals surface area (Å²) in [5.41, 5.74) is 4.97. The lowest BCUT2D eigenvalue weighted by Gasteiger charge is -2.31. The molecule has 4 aromatic carbocycles. The smallest absolute Gasteiger partial charge is 0.253 e. The topological polar surface area (TPSA) is 61.4 Å². The summed E-state index contributed by atoms with van der Waals surface area (Å²) < 4.78 is 0. The molecular formula is C34H35N3O2. The summed E-state index contributed by atoms with van der Waals surface area (Å²) in [6.45, 7) is 3.83. The zero-order chi connectivity index (χ0) is 27.0. The third-order valence-electron chi connectivity index (χ3n) is 7.38. The van der Waals surface area contributed by atoms with Crippen molar-refractivity contribution in [3.8, 4) is 0 Å². The fourth-order valence-corrected chi connectivity index (χ4v) is 5.31. The summed E-state index contributed by atoms with van der Waals surface area (Å²) in [5.74, 6) is -0.752. The number of rotatable bonds is 8. The number of hydrogen-bond acceptors (Lipinski definition) is 3. The summed E-state index contributed by atoms with van der Waals surface area (Å²) in [6, 6.07) is 35.1. The van der Waals surface area contributed by atoms with Crippen molar-refractivity contribution >= 4 is 23.2 Å². The van der Waals surface area contributed by atoms with E-state index in [0.717, 1.165) is 48.3 Å². The lowest BCUT2D eigenvalue weighted by atomic mass is 9.90. The molecule has 0 spiro atoms. The van der Waals surface area contributed by atoms with Crippen molar-refractivity contribution < 1.29 is 9.59 Å². The minimum Gasteiger partial charge on any atom is -0.371 e. The van der Waals surface area contributed by atoms with E-state index < -0.39 is 5.92 Å². The molecule has 0 aromatic heterocycles. The van der Waals surface area contributed by atoms with E-state index in [1.54, 1.807) is 0 Å². The van der Waals surface area contributed by atoms with Gasteiger partial charge in [-0.15, -0.1) is 0 Å². The van der Waals surface area contributed by atoms with Gasteiger partial charge >= 0.3 is 0 Å². The molecule has 0 aliphatic carbocycles. The zero-order valence-electron chi connectivity index (χ0n) is 22.3. The van der Waals surface area contributed by atoms with Crippen LogP contribution in [0.1, 0.15) is 65.2 Å². The Morgan fingerprint density at radius 3 is 1.79 bits per heavy atom. The Bertz CT molecular complexity index is 1340. The van der Waals surface area contributed by atoms with E-state index in [1.807, 2.05) is 116 Å². The molecule has 1 aliphatic rings. The van der Waals surface area contributed by atoms with Crippen molar-refractivity contribution in [3.63, 3.8) is 0 Å². The second kappa shape index (κ2) is 12.4. The molecule has 2 amide bonds. The molecule has 1 saturated heterocycles. The van der Waals surface area contributed by atoms with Crippen molar-refractivity contribution in [2.45, 2.75) is 38.1 Å². The van der Waals surface area contributed by atoms with Gasteiger partial charge in [-0.1, -0.05) is 91.0 Å². The fraction of sp³-hybridized carbons (Fsp3) is 0.235. The first-order chi connectivity index (χ1) is 19.1. The van der Waals surface area contributed by atoms with E-state index in [-0.39, 0.29) is 17.9 Å². The number of piperidine rings is 1. The molecule has 1 aliphatic heterocycles. The van der Waals surface area contributed by atoms with E-state index in [2.05, 4.69) is 15.5 Å². The molecule has 1 atom stereocenters. The lowest BCUT2D eigenvalue weighted by molar-refractivity contribution is -0.116. The van der Waals surface area contributed by atoms with Gasteiger partial charge in [0.15, 0.2) is 0 Å². The molecule has 0 bridgehead atoms. The number of amides is 2.